The van der Waals surface area contributed by atoms with Crippen LogP contribution in [0.15, 0.2) is 0 Å². The van der Waals surface area contributed by atoms with Crippen molar-refractivity contribution in [1.82, 2.24) is 10.6 Å². The third kappa shape index (κ3) is 2.74. The van der Waals surface area contributed by atoms with Gasteiger partial charge in [0.15, 0.2) is 0 Å². The van der Waals surface area contributed by atoms with E-state index in [2.05, 4.69) is 10.6 Å². The lowest BCUT2D eigenvalue weighted by Crippen LogP contribution is -2.41. The van der Waals surface area contributed by atoms with E-state index in [9.17, 15) is 4.79 Å². The maximum Gasteiger partial charge on any atom is 0.227 e. The van der Waals surface area contributed by atoms with Crippen molar-refractivity contribution in [2.24, 2.45) is 11.3 Å². The lowest BCUT2D eigenvalue weighted by molar-refractivity contribution is -0.129. The second-order valence-corrected chi connectivity index (χ2v) is 5.26. The quantitative estimate of drug-likeness (QED) is 0.735. The number of ether oxygens (including phenoxy) is 1. The van der Waals surface area contributed by atoms with Crippen molar-refractivity contribution >= 4 is 5.91 Å². The number of hydrogen-bond acceptors (Lipinski definition) is 3. The van der Waals surface area contributed by atoms with Crippen LogP contribution in [0, 0.1) is 11.3 Å². The molecule has 2 N–H and O–H groups in total. The third-order valence-corrected chi connectivity index (χ3v) is 3.78. The Bertz CT molecular complexity index is 243. The summed E-state index contributed by atoms with van der Waals surface area (Å²) in [6.45, 7) is 6.37. The lowest BCUT2D eigenvalue weighted by atomic mass is 9.88. The van der Waals surface area contributed by atoms with Gasteiger partial charge >= 0.3 is 0 Å². The van der Waals surface area contributed by atoms with Gasteiger partial charge in [0.25, 0.3) is 0 Å². The second-order valence-electron chi connectivity index (χ2n) is 5.26. The number of carbonyl (C=O) groups is 1. The van der Waals surface area contributed by atoms with Crippen LogP contribution in [-0.2, 0) is 9.53 Å². The molecule has 2 heterocycles. The van der Waals surface area contributed by atoms with Crippen LogP contribution >= 0.6 is 0 Å². The highest BCUT2D eigenvalue weighted by molar-refractivity contribution is 5.82. The lowest BCUT2D eigenvalue weighted by Gasteiger charge is -2.21. The molecule has 0 aromatic carbocycles. The van der Waals surface area contributed by atoms with Gasteiger partial charge in [-0.1, -0.05) is 0 Å². The van der Waals surface area contributed by atoms with Gasteiger partial charge in [0.1, 0.15) is 0 Å². The first-order valence-corrected chi connectivity index (χ1v) is 6.27. The molecule has 0 aliphatic carbocycles. The molecule has 0 bridgehead atoms. The van der Waals surface area contributed by atoms with Crippen molar-refractivity contribution in [1.29, 1.82) is 0 Å². The molecule has 2 atom stereocenters. The topological polar surface area (TPSA) is 50.4 Å². The highest BCUT2D eigenvalue weighted by Crippen LogP contribution is 2.24. The van der Waals surface area contributed by atoms with Crippen LogP contribution in [0.4, 0.5) is 0 Å². The zero-order chi connectivity index (χ0) is 11.4. The fourth-order valence-electron chi connectivity index (χ4n) is 2.42. The van der Waals surface area contributed by atoms with Crippen LogP contribution in [0.25, 0.3) is 0 Å². The number of carbonyl (C=O) groups excluding carboxylic acids is 1. The van der Waals surface area contributed by atoms with Gasteiger partial charge in [0.2, 0.25) is 5.91 Å². The Kier molecular flexibility index (Phi) is 3.82. The van der Waals surface area contributed by atoms with Crippen LogP contribution in [0.3, 0.4) is 0 Å². The van der Waals surface area contributed by atoms with Gasteiger partial charge in [-0.2, -0.15) is 0 Å². The van der Waals surface area contributed by atoms with E-state index in [0.717, 1.165) is 52.1 Å². The number of amides is 1. The van der Waals surface area contributed by atoms with E-state index in [4.69, 9.17) is 4.74 Å². The predicted molar refractivity (Wildman–Crippen MR) is 62.1 cm³/mol. The summed E-state index contributed by atoms with van der Waals surface area (Å²) in [7, 11) is 0. The Morgan fingerprint density at radius 3 is 3.12 bits per heavy atom. The number of nitrogens with one attached hydrogen (secondary N) is 2. The highest BCUT2D eigenvalue weighted by atomic mass is 16.5. The van der Waals surface area contributed by atoms with Gasteiger partial charge in [-0.05, 0) is 38.6 Å². The Morgan fingerprint density at radius 1 is 1.62 bits per heavy atom. The maximum atomic E-state index is 12.0. The monoisotopic (exact) mass is 226 g/mol. The van der Waals surface area contributed by atoms with Crippen LogP contribution in [-0.4, -0.2) is 38.8 Å². The first-order valence-electron chi connectivity index (χ1n) is 6.27. The van der Waals surface area contributed by atoms with Crippen LogP contribution in [0.5, 0.6) is 0 Å². The predicted octanol–water partition coefficient (Wildman–Crippen LogP) is 0.529. The first-order chi connectivity index (χ1) is 7.71. The van der Waals surface area contributed by atoms with Crippen molar-refractivity contribution in [3.63, 3.8) is 0 Å². The molecule has 0 radical (unpaired) electrons. The molecule has 4 nitrogen and oxygen atoms in total. The van der Waals surface area contributed by atoms with E-state index < -0.39 is 0 Å². The maximum absolute atomic E-state index is 12.0. The average molecular weight is 226 g/mol. The molecule has 2 saturated heterocycles. The summed E-state index contributed by atoms with van der Waals surface area (Å²) in [5.74, 6) is 0.853. The highest BCUT2D eigenvalue weighted by Gasteiger charge is 2.35. The standard InChI is InChI=1S/C12H22N2O2/c1-12(4-6-13-9-12)11(15)14-5-2-10-3-7-16-8-10/h10,13H,2-9H2,1H3,(H,14,15). The molecule has 2 aliphatic heterocycles. The zero-order valence-corrected chi connectivity index (χ0v) is 10.1. The van der Waals surface area contributed by atoms with E-state index in [1.54, 1.807) is 0 Å². The Balaban J connectivity index is 1.67. The van der Waals surface area contributed by atoms with Crippen molar-refractivity contribution in [2.45, 2.75) is 26.2 Å². The summed E-state index contributed by atoms with van der Waals surface area (Å²) in [4.78, 5) is 12.0. The Labute approximate surface area is 97.1 Å². The Morgan fingerprint density at radius 2 is 2.50 bits per heavy atom. The molecule has 0 aromatic heterocycles. The minimum Gasteiger partial charge on any atom is -0.381 e. The molecule has 92 valence electrons. The molecule has 4 heteroatoms. The van der Waals surface area contributed by atoms with Crippen molar-refractivity contribution in [3.05, 3.63) is 0 Å². The van der Waals surface area contributed by atoms with Crippen LogP contribution < -0.4 is 10.6 Å². The molecule has 2 fully saturated rings. The van der Waals surface area contributed by atoms with Crippen LogP contribution in [0.2, 0.25) is 0 Å². The zero-order valence-electron chi connectivity index (χ0n) is 10.1. The molecule has 0 saturated carbocycles. The van der Waals surface area contributed by atoms with Gasteiger partial charge in [0, 0.05) is 26.3 Å². The average Bonchev–Trinajstić information content (AvgIpc) is 2.90. The molecule has 2 aliphatic rings. The first kappa shape index (κ1) is 11.9. The van der Waals surface area contributed by atoms with Crippen molar-refractivity contribution in [3.8, 4) is 0 Å². The van der Waals surface area contributed by atoms with Gasteiger partial charge in [-0.25, -0.2) is 0 Å². The summed E-state index contributed by atoms with van der Waals surface area (Å²) >= 11 is 0. The van der Waals surface area contributed by atoms with E-state index in [0.29, 0.717) is 5.92 Å². The molecule has 0 aromatic rings. The van der Waals surface area contributed by atoms with E-state index in [-0.39, 0.29) is 11.3 Å². The second kappa shape index (κ2) is 5.15. The molecule has 16 heavy (non-hydrogen) atoms. The minimum atomic E-state index is -0.188. The van der Waals surface area contributed by atoms with Crippen molar-refractivity contribution in [2.75, 3.05) is 32.8 Å². The normalized spacial score (nSPS) is 34.2. The van der Waals surface area contributed by atoms with Crippen molar-refractivity contribution < 1.29 is 9.53 Å². The SMILES string of the molecule is CC1(C(=O)NCCC2CCOC2)CCNC1. The Hall–Kier alpha value is -0.610. The van der Waals surface area contributed by atoms with Gasteiger partial charge in [0.05, 0.1) is 5.41 Å². The fraction of sp³-hybridized carbons (Fsp3) is 0.917. The summed E-state index contributed by atoms with van der Waals surface area (Å²) < 4.78 is 5.31. The van der Waals surface area contributed by atoms with E-state index in [1.807, 2.05) is 6.92 Å². The number of rotatable bonds is 4. The molecule has 1 amide bonds. The molecule has 0 spiro atoms. The summed E-state index contributed by atoms with van der Waals surface area (Å²) in [6.07, 6.45) is 3.15. The van der Waals surface area contributed by atoms with E-state index in [1.165, 1.54) is 0 Å². The summed E-state index contributed by atoms with van der Waals surface area (Å²) in [6, 6.07) is 0. The minimum absolute atomic E-state index is 0.188. The molecule has 2 unspecified atom stereocenters. The fourth-order valence-corrected chi connectivity index (χ4v) is 2.42. The van der Waals surface area contributed by atoms with Crippen LogP contribution in [0.1, 0.15) is 26.2 Å². The molecular formula is C12H22N2O2. The smallest absolute Gasteiger partial charge is 0.227 e. The van der Waals surface area contributed by atoms with Gasteiger partial charge in [-0.15, -0.1) is 0 Å². The number of hydrogen-bond donors (Lipinski definition) is 2. The van der Waals surface area contributed by atoms with Gasteiger partial charge < -0.3 is 15.4 Å². The molecule has 2 rings (SSSR count). The van der Waals surface area contributed by atoms with E-state index >= 15 is 0 Å². The van der Waals surface area contributed by atoms with Gasteiger partial charge in [-0.3, -0.25) is 4.79 Å². The summed E-state index contributed by atoms with van der Waals surface area (Å²) in [5, 5.41) is 6.30. The molecular weight excluding hydrogens is 204 g/mol. The third-order valence-electron chi connectivity index (χ3n) is 3.78. The summed E-state index contributed by atoms with van der Waals surface area (Å²) in [5.41, 5.74) is -0.188. The largest absolute Gasteiger partial charge is 0.381 e.